The molecule has 0 saturated heterocycles. The van der Waals surface area contributed by atoms with E-state index in [0.717, 1.165) is 42.8 Å². The molecule has 0 spiro atoms. The first-order valence-corrected chi connectivity index (χ1v) is 11.4. The third-order valence-corrected chi connectivity index (χ3v) is 6.19. The van der Waals surface area contributed by atoms with Gasteiger partial charge in [0.15, 0.2) is 0 Å². The summed E-state index contributed by atoms with van der Waals surface area (Å²) in [5.41, 5.74) is 6.12. The Morgan fingerprint density at radius 3 is 2.87 bits per heavy atom. The molecule has 5 nitrogen and oxygen atoms in total. The van der Waals surface area contributed by atoms with E-state index in [1.807, 2.05) is 26.1 Å². The maximum Gasteiger partial charge on any atom is 0.305 e. The van der Waals surface area contributed by atoms with Crippen LogP contribution in [-0.4, -0.2) is 38.2 Å². The number of nitrogens with one attached hydrogen (secondary N) is 1. The van der Waals surface area contributed by atoms with Gasteiger partial charge < -0.3 is 19.7 Å². The van der Waals surface area contributed by atoms with Crippen LogP contribution >= 0.6 is 11.6 Å². The van der Waals surface area contributed by atoms with Gasteiger partial charge in [0.2, 0.25) is 0 Å². The number of carbonyl (C=O) groups is 1. The van der Waals surface area contributed by atoms with Crippen LogP contribution in [0.15, 0.2) is 30.3 Å². The van der Waals surface area contributed by atoms with Crippen LogP contribution < -0.4 is 10.1 Å². The number of halogens is 1. The minimum Gasteiger partial charge on any atom is -0.493 e. The van der Waals surface area contributed by atoms with Gasteiger partial charge in [0.05, 0.1) is 30.5 Å². The average molecular weight is 445 g/mol. The molecule has 168 valence electrons. The molecule has 0 aliphatic heterocycles. The number of anilines is 1. The van der Waals surface area contributed by atoms with Crippen LogP contribution in [-0.2, 0) is 22.5 Å². The summed E-state index contributed by atoms with van der Waals surface area (Å²) in [6, 6.07) is 10.8. The molecule has 3 rings (SSSR count). The number of rotatable bonds is 10. The Labute approximate surface area is 190 Å². The van der Waals surface area contributed by atoms with Crippen LogP contribution in [0.3, 0.4) is 0 Å². The van der Waals surface area contributed by atoms with E-state index < -0.39 is 0 Å². The molecular weight excluding hydrogens is 412 g/mol. The quantitative estimate of drug-likeness (QED) is 0.488. The van der Waals surface area contributed by atoms with Gasteiger partial charge in [0.25, 0.3) is 0 Å². The highest BCUT2D eigenvalue weighted by Crippen LogP contribution is 2.39. The Hall–Kier alpha value is -2.24. The number of carbonyl (C=O) groups excluding carboxylic acids is 1. The maximum atomic E-state index is 11.3. The van der Waals surface area contributed by atoms with Crippen LogP contribution in [0.25, 0.3) is 0 Å². The number of fused-ring (bicyclic) bond motifs is 1. The van der Waals surface area contributed by atoms with E-state index in [1.165, 1.54) is 23.8 Å². The van der Waals surface area contributed by atoms with Crippen LogP contribution in [0.4, 0.5) is 5.69 Å². The minimum atomic E-state index is -0.175. The predicted molar refractivity (Wildman–Crippen MR) is 126 cm³/mol. The van der Waals surface area contributed by atoms with Crippen molar-refractivity contribution in [2.75, 3.05) is 32.6 Å². The van der Waals surface area contributed by atoms with Gasteiger partial charge >= 0.3 is 5.97 Å². The number of aryl methyl sites for hydroxylation is 1. The first-order chi connectivity index (χ1) is 14.9. The molecule has 0 saturated carbocycles. The lowest BCUT2D eigenvalue weighted by atomic mass is 10.0. The molecule has 1 aliphatic carbocycles. The van der Waals surface area contributed by atoms with Crippen molar-refractivity contribution < 1.29 is 14.3 Å². The summed E-state index contributed by atoms with van der Waals surface area (Å²) in [4.78, 5) is 13.5. The summed E-state index contributed by atoms with van der Waals surface area (Å²) in [5.74, 6) is 0.669. The van der Waals surface area contributed by atoms with E-state index in [4.69, 9.17) is 21.1 Å². The topological polar surface area (TPSA) is 50.8 Å². The van der Waals surface area contributed by atoms with Crippen molar-refractivity contribution in [1.29, 1.82) is 0 Å². The van der Waals surface area contributed by atoms with E-state index >= 15 is 0 Å². The van der Waals surface area contributed by atoms with E-state index in [0.29, 0.717) is 24.6 Å². The number of ether oxygens (including phenoxy) is 2. The molecule has 0 radical (unpaired) electrons. The maximum absolute atomic E-state index is 11.3. The summed E-state index contributed by atoms with van der Waals surface area (Å²) in [6.07, 6.45) is 3.32. The highest BCUT2D eigenvalue weighted by Gasteiger charge is 2.24. The lowest BCUT2D eigenvalue weighted by Crippen LogP contribution is -2.20. The number of benzene rings is 2. The lowest BCUT2D eigenvalue weighted by Gasteiger charge is -2.22. The zero-order chi connectivity index (χ0) is 22.4. The molecule has 0 aromatic heterocycles. The van der Waals surface area contributed by atoms with Crippen molar-refractivity contribution in [2.45, 2.75) is 52.1 Å². The first-order valence-electron chi connectivity index (χ1n) is 11.0. The molecular formula is C25H33ClN2O3. The number of esters is 1. The first kappa shape index (κ1) is 23.4. The summed E-state index contributed by atoms with van der Waals surface area (Å²) < 4.78 is 10.7. The van der Waals surface area contributed by atoms with Gasteiger partial charge in [-0.2, -0.15) is 0 Å². The van der Waals surface area contributed by atoms with Crippen molar-refractivity contribution in [3.63, 3.8) is 0 Å². The molecule has 1 aliphatic rings. The number of methoxy groups -OCH3 is 1. The van der Waals surface area contributed by atoms with Gasteiger partial charge in [0, 0.05) is 24.6 Å². The Bertz CT molecular complexity index is 916. The molecule has 1 atom stereocenters. The molecule has 2 aromatic rings. The molecule has 0 heterocycles. The molecule has 6 heteroatoms. The zero-order valence-electron chi connectivity index (χ0n) is 19.0. The van der Waals surface area contributed by atoms with Crippen molar-refractivity contribution in [3.05, 3.63) is 57.6 Å². The van der Waals surface area contributed by atoms with Crippen LogP contribution in [0, 0.1) is 6.92 Å². The van der Waals surface area contributed by atoms with Crippen molar-refractivity contribution in [3.8, 4) is 5.75 Å². The Balaban J connectivity index is 1.72. The molecule has 0 amide bonds. The van der Waals surface area contributed by atoms with Crippen LogP contribution in [0.5, 0.6) is 5.75 Å². The lowest BCUT2D eigenvalue weighted by molar-refractivity contribution is -0.140. The highest BCUT2D eigenvalue weighted by atomic mass is 35.5. The Kier molecular flexibility index (Phi) is 8.22. The van der Waals surface area contributed by atoms with Crippen molar-refractivity contribution >= 4 is 23.3 Å². The van der Waals surface area contributed by atoms with Gasteiger partial charge in [-0.15, -0.1) is 0 Å². The van der Waals surface area contributed by atoms with Crippen molar-refractivity contribution in [1.82, 2.24) is 4.90 Å². The third-order valence-electron chi connectivity index (χ3n) is 5.87. The van der Waals surface area contributed by atoms with Crippen LogP contribution in [0.2, 0.25) is 5.02 Å². The number of hydrogen-bond donors (Lipinski definition) is 1. The SMILES string of the molecule is CCOc1cc(NC2CCc3c(C)cccc32)c(Cl)cc1CN(C)CCCC(=O)OC. The summed E-state index contributed by atoms with van der Waals surface area (Å²) in [5, 5.41) is 4.34. The largest absolute Gasteiger partial charge is 0.493 e. The predicted octanol–water partition coefficient (Wildman–Crippen LogP) is 5.53. The van der Waals surface area contributed by atoms with E-state index in [2.05, 4.69) is 35.3 Å². The number of hydrogen-bond acceptors (Lipinski definition) is 5. The normalized spacial score (nSPS) is 15.1. The molecule has 0 bridgehead atoms. The second kappa shape index (κ2) is 10.9. The fraction of sp³-hybridized carbons (Fsp3) is 0.480. The van der Waals surface area contributed by atoms with Gasteiger partial charge in [-0.3, -0.25) is 4.79 Å². The van der Waals surface area contributed by atoms with Gasteiger partial charge in [-0.25, -0.2) is 0 Å². The molecule has 1 unspecified atom stereocenters. The third kappa shape index (κ3) is 5.92. The molecule has 1 N–H and O–H groups in total. The zero-order valence-corrected chi connectivity index (χ0v) is 19.7. The smallest absolute Gasteiger partial charge is 0.305 e. The van der Waals surface area contributed by atoms with E-state index in [1.54, 1.807) is 0 Å². The summed E-state index contributed by atoms with van der Waals surface area (Å²) in [6.45, 7) is 6.24. The monoisotopic (exact) mass is 444 g/mol. The highest BCUT2D eigenvalue weighted by molar-refractivity contribution is 6.33. The minimum absolute atomic E-state index is 0.175. The summed E-state index contributed by atoms with van der Waals surface area (Å²) >= 11 is 6.69. The van der Waals surface area contributed by atoms with Gasteiger partial charge in [0.1, 0.15) is 5.75 Å². The van der Waals surface area contributed by atoms with E-state index in [9.17, 15) is 4.79 Å². The van der Waals surface area contributed by atoms with Gasteiger partial charge in [-0.1, -0.05) is 29.8 Å². The molecule has 31 heavy (non-hydrogen) atoms. The average Bonchev–Trinajstić information content (AvgIpc) is 3.15. The summed E-state index contributed by atoms with van der Waals surface area (Å²) in [7, 11) is 3.45. The fourth-order valence-electron chi connectivity index (χ4n) is 4.26. The standard InChI is InChI=1S/C25H33ClN2O3/c1-5-31-24-15-23(27-22-12-11-19-17(2)8-6-9-20(19)22)21(26)14-18(24)16-28(3)13-7-10-25(29)30-4/h6,8-9,14-15,22,27H,5,7,10-13,16H2,1-4H3. The van der Waals surface area contributed by atoms with E-state index in [-0.39, 0.29) is 12.0 Å². The second-order valence-electron chi connectivity index (χ2n) is 8.17. The van der Waals surface area contributed by atoms with Crippen LogP contribution in [0.1, 0.15) is 54.5 Å². The molecule has 0 fully saturated rings. The Morgan fingerprint density at radius 2 is 2.13 bits per heavy atom. The Morgan fingerprint density at radius 1 is 1.32 bits per heavy atom. The molecule has 2 aromatic carbocycles. The van der Waals surface area contributed by atoms with Crippen molar-refractivity contribution in [2.24, 2.45) is 0 Å². The van der Waals surface area contributed by atoms with Gasteiger partial charge in [-0.05, 0) is 69.5 Å². The second-order valence-corrected chi connectivity index (χ2v) is 8.58. The number of nitrogens with zero attached hydrogens (tertiary/aromatic N) is 1. The fourth-order valence-corrected chi connectivity index (χ4v) is 4.50.